The molecule has 0 bridgehead atoms. The minimum Gasteiger partial charge on any atom is -0.373 e. The molecule has 1 atom stereocenters. The van der Waals surface area contributed by atoms with Gasteiger partial charge in [0.05, 0.1) is 10.5 Å². The minimum absolute atomic E-state index is 0.0429. The summed E-state index contributed by atoms with van der Waals surface area (Å²) in [6.07, 6.45) is 0.599. The Kier molecular flexibility index (Phi) is 6.35. The third-order valence-electron chi connectivity index (χ3n) is 6.85. The van der Waals surface area contributed by atoms with Gasteiger partial charge >= 0.3 is 0 Å². The molecule has 188 valence electrons. The zero-order valence-electron chi connectivity index (χ0n) is 19.9. The first-order valence-electron chi connectivity index (χ1n) is 11.5. The SMILES string of the molecule is C=C(S)N(C)/C(=N\N)C(O)(c1ccc(F)cc1)c1cc2c3c(c1)c(-c1cccc(Cl)c1)cc(=O)n3CC2. The van der Waals surface area contributed by atoms with Crippen LogP contribution in [0, 0.1) is 5.82 Å². The molecule has 6 nitrogen and oxygen atoms in total. The van der Waals surface area contributed by atoms with Crippen LogP contribution >= 0.6 is 24.2 Å². The largest absolute Gasteiger partial charge is 0.373 e. The van der Waals surface area contributed by atoms with Gasteiger partial charge < -0.3 is 20.4 Å². The van der Waals surface area contributed by atoms with Crippen LogP contribution in [0.4, 0.5) is 4.39 Å². The van der Waals surface area contributed by atoms with E-state index in [1.54, 1.807) is 29.8 Å². The van der Waals surface area contributed by atoms with Gasteiger partial charge in [0.2, 0.25) is 0 Å². The van der Waals surface area contributed by atoms with Crippen LogP contribution in [0.3, 0.4) is 0 Å². The lowest BCUT2D eigenvalue weighted by Gasteiger charge is -2.35. The van der Waals surface area contributed by atoms with E-state index in [1.807, 2.05) is 24.3 Å². The van der Waals surface area contributed by atoms with E-state index in [0.717, 1.165) is 22.0 Å². The number of halogens is 2. The summed E-state index contributed by atoms with van der Waals surface area (Å²) < 4.78 is 15.6. The molecule has 1 aliphatic heterocycles. The van der Waals surface area contributed by atoms with Crippen molar-refractivity contribution < 1.29 is 9.50 Å². The van der Waals surface area contributed by atoms with Crippen molar-refractivity contribution in [3.05, 3.63) is 116 Å². The van der Waals surface area contributed by atoms with Crippen molar-refractivity contribution in [1.29, 1.82) is 0 Å². The summed E-state index contributed by atoms with van der Waals surface area (Å²) in [5.74, 6) is 5.42. The standard InChI is InChI=1S/C28H24ClFN4O2S/c1-16(37)33(2)27(32-31)28(36,19-6-8-22(30)9-7-19)20-12-18-10-11-34-25(35)15-23(24(14-20)26(18)34)17-4-3-5-21(29)13-17/h3-9,12-15,36-37H,1,10-11,31H2,2H3/b32-27-. The number of aliphatic hydroxyl groups is 1. The van der Waals surface area contributed by atoms with E-state index < -0.39 is 11.4 Å². The number of aryl methyl sites for hydroxylation is 2. The summed E-state index contributed by atoms with van der Waals surface area (Å²) >= 11 is 10.6. The summed E-state index contributed by atoms with van der Waals surface area (Å²) in [6.45, 7) is 4.35. The molecule has 0 spiro atoms. The number of pyridine rings is 1. The highest BCUT2D eigenvalue weighted by atomic mass is 35.5. The summed E-state index contributed by atoms with van der Waals surface area (Å²) in [5, 5.41) is 18.0. The Morgan fingerprint density at radius 1 is 1.19 bits per heavy atom. The van der Waals surface area contributed by atoms with Crippen molar-refractivity contribution >= 4 is 41.0 Å². The van der Waals surface area contributed by atoms with Crippen LogP contribution < -0.4 is 11.4 Å². The highest BCUT2D eigenvalue weighted by Crippen LogP contribution is 2.40. The summed E-state index contributed by atoms with van der Waals surface area (Å²) in [7, 11) is 1.63. The second kappa shape index (κ2) is 9.37. The van der Waals surface area contributed by atoms with Crippen molar-refractivity contribution in [3.8, 4) is 11.1 Å². The van der Waals surface area contributed by atoms with E-state index >= 15 is 0 Å². The Bertz CT molecular complexity index is 1650. The fraction of sp³-hybridized carbons (Fsp3) is 0.143. The van der Waals surface area contributed by atoms with Gasteiger partial charge in [0.1, 0.15) is 5.82 Å². The molecule has 2 heterocycles. The molecule has 0 saturated heterocycles. The van der Waals surface area contributed by atoms with E-state index in [2.05, 4.69) is 24.3 Å². The number of aromatic nitrogens is 1. The lowest BCUT2D eigenvalue weighted by molar-refractivity contribution is 0.143. The fourth-order valence-corrected chi connectivity index (χ4v) is 5.30. The third-order valence-corrected chi connectivity index (χ3v) is 7.39. The van der Waals surface area contributed by atoms with Crippen molar-refractivity contribution in [2.24, 2.45) is 10.9 Å². The molecule has 3 N–H and O–H groups in total. The Balaban J connectivity index is 1.87. The molecule has 0 amide bonds. The Morgan fingerprint density at radius 3 is 2.57 bits per heavy atom. The first-order valence-corrected chi connectivity index (χ1v) is 12.3. The van der Waals surface area contributed by atoms with E-state index in [4.69, 9.17) is 17.4 Å². The molecule has 0 fully saturated rings. The minimum atomic E-state index is -1.90. The average Bonchev–Trinajstić information content (AvgIpc) is 3.31. The maximum absolute atomic E-state index is 13.9. The lowest BCUT2D eigenvalue weighted by Crippen LogP contribution is -2.46. The van der Waals surface area contributed by atoms with Gasteiger partial charge in [-0.2, -0.15) is 5.10 Å². The predicted octanol–water partition coefficient (Wildman–Crippen LogP) is 4.86. The van der Waals surface area contributed by atoms with Gasteiger partial charge in [-0.15, -0.1) is 12.6 Å². The second-order valence-corrected chi connectivity index (χ2v) is 9.94. The molecule has 0 aliphatic carbocycles. The van der Waals surface area contributed by atoms with Gasteiger partial charge in [-0.3, -0.25) is 4.79 Å². The zero-order chi connectivity index (χ0) is 26.5. The fourth-order valence-electron chi connectivity index (χ4n) is 5.02. The van der Waals surface area contributed by atoms with Gasteiger partial charge in [-0.25, -0.2) is 4.39 Å². The maximum Gasteiger partial charge on any atom is 0.251 e. The van der Waals surface area contributed by atoms with E-state index in [0.29, 0.717) is 39.7 Å². The highest BCUT2D eigenvalue weighted by Gasteiger charge is 2.41. The molecule has 1 aromatic heterocycles. The van der Waals surface area contributed by atoms with E-state index in [9.17, 15) is 14.3 Å². The van der Waals surface area contributed by atoms with Gasteiger partial charge in [-0.05, 0) is 70.6 Å². The van der Waals surface area contributed by atoms with Gasteiger partial charge in [0.15, 0.2) is 11.4 Å². The quantitative estimate of drug-likeness (QED) is 0.112. The Morgan fingerprint density at radius 2 is 1.92 bits per heavy atom. The summed E-state index contributed by atoms with van der Waals surface area (Å²) in [4.78, 5) is 14.5. The molecule has 1 aliphatic rings. The van der Waals surface area contributed by atoms with Crippen LogP contribution in [0.2, 0.25) is 5.02 Å². The Labute approximate surface area is 223 Å². The first-order chi connectivity index (χ1) is 17.6. The van der Waals surface area contributed by atoms with Gasteiger partial charge in [-0.1, -0.05) is 42.4 Å². The van der Waals surface area contributed by atoms with Crippen molar-refractivity contribution in [2.45, 2.75) is 18.6 Å². The molecule has 5 rings (SSSR count). The van der Waals surface area contributed by atoms with Gasteiger partial charge in [0.25, 0.3) is 5.56 Å². The lowest BCUT2D eigenvalue weighted by atomic mass is 9.82. The summed E-state index contributed by atoms with van der Waals surface area (Å²) in [6, 6.07) is 18.0. The number of hydrogen-bond acceptors (Lipinski definition) is 5. The van der Waals surface area contributed by atoms with Crippen LogP contribution in [0.15, 0.2) is 88.2 Å². The molecule has 0 saturated carbocycles. The molecule has 0 radical (unpaired) electrons. The van der Waals surface area contributed by atoms with E-state index in [-0.39, 0.29) is 11.4 Å². The topological polar surface area (TPSA) is 83.8 Å². The highest BCUT2D eigenvalue weighted by molar-refractivity contribution is 7.84. The number of likely N-dealkylation sites (N-methyl/N-ethyl adjacent to an activating group) is 1. The molecule has 1 unspecified atom stereocenters. The number of nitrogens with zero attached hydrogens (tertiary/aromatic N) is 3. The van der Waals surface area contributed by atoms with Crippen LogP contribution in [-0.2, 0) is 18.6 Å². The van der Waals surface area contributed by atoms with Gasteiger partial charge in [0, 0.05) is 30.1 Å². The van der Waals surface area contributed by atoms with E-state index in [1.165, 1.54) is 29.2 Å². The van der Waals surface area contributed by atoms with Crippen LogP contribution in [-0.4, -0.2) is 27.5 Å². The second-order valence-electron chi connectivity index (χ2n) is 8.99. The number of nitrogens with two attached hydrogens (primary N) is 1. The van der Waals surface area contributed by atoms with Crippen molar-refractivity contribution in [3.63, 3.8) is 0 Å². The normalized spacial score (nSPS) is 14.6. The average molecular weight is 535 g/mol. The predicted molar refractivity (Wildman–Crippen MR) is 149 cm³/mol. The van der Waals surface area contributed by atoms with Crippen LogP contribution in [0.25, 0.3) is 22.0 Å². The molecule has 9 heteroatoms. The molecular formula is C28H24ClFN4O2S. The number of benzene rings is 3. The molecule has 37 heavy (non-hydrogen) atoms. The smallest absolute Gasteiger partial charge is 0.251 e. The third kappa shape index (κ3) is 4.11. The number of hydrazone groups is 1. The number of thiol groups is 1. The Hall–Kier alpha value is -3.59. The van der Waals surface area contributed by atoms with Crippen LogP contribution in [0.1, 0.15) is 16.7 Å². The van der Waals surface area contributed by atoms with Crippen molar-refractivity contribution in [2.75, 3.05) is 7.05 Å². The molecule has 3 aromatic carbocycles. The first kappa shape index (κ1) is 25.1. The van der Waals surface area contributed by atoms with Crippen LogP contribution in [0.5, 0.6) is 0 Å². The number of amidine groups is 1. The van der Waals surface area contributed by atoms with Crippen molar-refractivity contribution in [1.82, 2.24) is 9.47 Å². The summed E-state index contributed by atoms with van der Waals surface area (Å²) in [5.41, 5.74) is 1.92. The number of rotatable bonds is 5. The molecule has 4 aromatic rings. The molecular weight excluding hydrogens is 511 g/mol. The monoisotopic (exact) mass is 534 g/mol. The zero-order valence-corrected chi connectivity index (χ0v) is 21.6. The maximum atomic E-state index is 13.9. The number of hydrogen-bond donors (Lipinski definition) is 3.